The van der Waals surface area contributed by atoms with Crippen LogP contribution >= 0.6 is 0 Å². The number of nitrogens with zero attached hydrogens (tertiary/aromatic N) is 3. The number of hydrogen-bond acceptors (Lipinski definition) is 2. The molecule has 0 N–H and O–H groups in total. The fraction of sp³-hybridized carbons (Fsp3) is 0.385. The van der Waals surface area contributed by atoms with Crippen LogP contribution in [0.3, 0.4) is 0 Å². The van der Waals surface area contributed by atoms with Gasteiger partial charge in [0.1, 0.15) is 0 Å². The maximum absolute atomic E-state index is 4.47. The molecule has 0 aliphatic carbocycles. The van der Waals surface area contributed by atoms with Crippen LogP contribution in [-0.4, -0.2) is 51.6 Å². The molecule has 4 heteroatoms. The molecule has 0 unspecified atom stereocenters. The number of anilines is 1. The first kappa shape index (κ1) is 12.3. The molecule has 0 aromatic heterocycles. The van der Waals surface area contributed by atoms with E-state index in [0.29, 0.717) is 0 Å². The third kappa shape index (κ3) is 3.42. The van der Waals surface area contributed by atoms with Crippen LogP contribution in [0.1, 0.15) is 12.8 Å². The van der Waals surface area contributed by atoms with Crippen molar-refractivity contribution in [2.24, 2.45) is 4.99 Å². The summed E-state index contributed by atoms with van der Waals surface area (Å²) in [4.78, 5) is 8.78. The Labute approximate surface area is 110 Å². The standard InChI is InChI=1S/C13H17N3Se/c1-15(12-7-3-2-4-8-12)11-14-13(17)16-9-5-6-10-16/h2-4,7-8,11H,5-6,9-10H2,1H3/b14-11+. The van der Waals surface area contributed by atoms with Crippen molar-refractivity contribution in [1.29, 1.82) is 0 Å². The molecule has 0 atom stereocenters. The molecule has 0 saturated carbocycles. The van der Waals surface area contributed by atoms with E-state index in [1.165, 1.54) is 12.8 Å². The molecule has 1 aromatic carbocycles. The molecule has 1 fully saturated rings. The number of hydrogen-bond donors (Lipinski definition) is 0. The average molecular weight is 294 g/mol. The van der Waals surface area contributed by atoms with Crippen molar-refractivity contribution in [3.63, 3.8) is 0 Å². The fourth-order valence-corrected chi connectivity index (χ4v) is 2.34. The molecule has 2 rings (SSSR count). The van der Waals surface area contributed by atoms with Gasteiger partial charge in [-0.1, -0.05) is 0 Å². The predicted octanol–water partition coefficient (Wildman–Crippen LogP) is 1.50. The summed E-state index contributed by atoms with van der Waals surface area (Å²) in [5.74, 6) is 0. The first-order valence-corrected chi connectivity index (χ1v) is 6.74. The van der Waals surface area contributed by atoms with E-state index in [4.69, 9.17) is 0 Å². The summed E-state index contributed by atoms with van der Waals surface area (Å²) in [7, 11) is 2.01. The van der Waals surface area contributed by atoms with Gasteiger partial charge in [0.15, 0.2) is 0 Å². The molecule has 90 valence electrons. The summed E-state index contributed by atoms with van der Waals surface area (Å²) in [6, 6.07) is 10.2. The molecule has 1 aliphatic heterocycles. The second-order valence-corrected chi connectivity index (χ2v) is 4.93. The van der Waals surface area contributed by atoms with Crippen LogP contribution in [0.4, 0.5) is 5.69 Å². The molecule has 0 spiro atoms. The van der Waals surface area contributed by atoms with Gasteiger partial charge in [-0.2, -0.15) is 0 Å². The fourth-order valence-electron chi connectivity index (χ4n) is 1.86. The van der Waals surface area contributed by atoms with Crippen LogP contribution in [0.2, 0.25) is 0 Å². The van der Waals surface area contributed by atoms with E-state index in [2.05, 4.69) is 37.6 Å². The average Bonchev–Trinajstić information content (AvgIpc) is 2.90. The van der Waals surface area contributed by atoms with Crippen LogP contribution in [0.5, 0.6) is 0 Å². The van der Waals surface area contributed by atoms with Crippen molar-refractivity contribution in [2.45, 2.75) is 12.8 Å². The topological polar surface area (TPSA) is 18.8 Å². The van der Waals surface area contributed by atoms with Gasteiger partial charge in [-0.15, -0.1) is 0 Å². The Hall–Kier alpha value is -1.12. The maximum atomic E-state index is 4.47. The first-order chi connectivity index (χ1) is 8.27. The minimum atomic E-state index is 0.991. The van der Waals surface area contributed by atoms with E-state index in [9.17, 15) is 0 Å². The van der Waals surface area contributed by atoms with Crippen LogP contribution in [0.15, 0.2) is 35.3 Å². The third-order valence-corrected chi connectivity index (χ3v) is 3.64. The van der Waals surface area contributed by atoms with Crippen molar-refractivity contribution in [2.75, 3.05) is 25.0 Å². The Bertz CT molecular complexity index is 396. The monoisotopic (exact) mass is 295 g/mol. The van der Waals surface area contributed by atoms with Gasteiger partial charge in [0.05, 0.1) is 0 Å². The van der Waals surface area contributed by atoms with Gasteiger partial charge in [0.2, 0.25) is 0 Å². The van der Waals surface area contributed by atoms with Gasteiger partial charge in [0.25, 0.3) is 0 Å². The van der Waals surface area contributed by atoms with Gasteiger partial charge in [-0.3, -0.25) is 0 Å². The molecule has 17 heavy (non-hydrogen) atoms. The number of para-hydroxylation sites is 1. The van der Waals surface area contributed by atoms with Gasteiger partial charge in [0, 0.05) is 0 Å². The van der Waals surface area contributed by atoms with Crippen LogP contribution in [-0.2, 0) is 0 Å². The zero-order valence-corrected chi connectivity index (χ0v) is 11.8. The summed E-state index contributed by atoms with van der Waals surface area (Å²) < 4.78 is 0.991. The zero-order chi connectivity index (χ0) is 12.1. The Kier molecular flexibility index (Phi) is 4.35. The second-order valence-electron chi connectivity index (χ2n) is 4.17. The number of benzene rings is 1. The van der Waals surface area contributed by atoms with E-state index in [-0.39, 0.29) is 0 Å². The molecule has 0 radical (unpaired) electrons. The minimum absolute atomic E-state index is 0.991. The van der Waals surface area contributed by atoms with Crippen LogP contribution in [0.25, 0.3) is 0 Å². The van der Waals surface area contributed by atoms with Crippen molar-refractivity contribution in [1.82, 2.24) is 4.90 Å². The quantitative estimate of drug-likeness (QED) is 0.476. The summed E-state index contributed by atoms with van der Waals surface area (Å²) in [6.45, 7) is 2.24. The molecular formula is C13H17N3Se. The third-order valence-electron chi connectivity index (χ3n) is 2.88. The molecule has 1 saturated heterocycles. The Morgan fingerprint density at radius 3 is 2.59 bits per heavy atom. The first-order valence-electron chi connectivity index (χ1n) is 5.88. The Balaban J connectivity index is 1.93. The molecule has 1 heterocycles. The molecule has 1 aliphatic rings. The predicted molar refractivity (Wildman–Crippen MR) is 74.9 cm³/mol. The molecule has 0 amide bonds. The van der Waals surface area contributed by atoms with E-state index in [1.54, 1.807) is 0 Å². The van der Waals surface area contributed by atoms with Crippen molar-refractivity contribution >= 4 is 32.3 Å². The van der Waals surface area contributed by atoms with E-state index in [0.717, 1.165) is 23.4 Å². The van der Waals surface area contributed by atoms with Crippen molar-refractivity contribution in [3.05, 3.63) is 30.3 Å². The number of rotatable bonds is 4. The van der Waals surface area contributed by atoms with Crippen LogP contribution in [0, 0.1) is 0 Å². The van der Waals surface area contributed by atoms with Gasteiger partial charge in [-0.25, -0.2) is 0 Å². The summed E-state index contributed by atoms with van der Waals surface area (Å²) in [5, 5.41) is 0. The number of aliphatic imine (C=N–C) groups is 1. The van der Waals surface area contributed by atoms with Gasteiger partial charge < -0.3 is 0 Å². The summed E-state index contributed by atoms with van der Waals surface area (Å²) in [5.41, 5.74) is 1.14. The van der Waals surface area contributed by atoms with Crippen molar-refractivity contribution in [3.8, 4) is 0 Å². The SMILES string of the molecule is CN(/C=N/C(=[Se])N1CCCC1)c1ccccc1. The van der Waals surface area contributed by atoms with Gasteiger partial charge in [-0.05, 0) is 0 Å². The van der Waals surface area contributed by atoms with E-state index >= 15 is 0 Å². The zero-order valence-electron chi connectivity index (χ0n) is 10.0. The normalized spacial score (nSPS) is 15.5. The molecule has 0 bridgehead atoms. The summed E-state index contributed by atoms with van der Waals surface area (Å²) >= 11 is 3.04. The van der Waals surface area contributed by atoms with Crippen LogP contribution < -0.4 is 4.90 Å². The van der Waals surface area contributed by atoms with Crippen molar-refractivity contribution < 1.29 is 0 Å². The summed E-state index contributed by atoms with van der Waals surface area (Å²) in [6.07, 6.45) is 4.41. The van der Waals surface area contributed by atoms with E-state index < -0.39 is 0 Å². The number of likely N-dealkylation sites (tertiary alicyclic amines) is 1. The van der Waals surface area contributed by atoms with Gasteiger partial charge >= 0.3 is 110 Å². The van der Waals surface area contributed by atoms with E-state index in [1.807, 2.05) is 36.5 Å². The Morgan fingerprint density at radius 1 is 1.29 bits per heavy atom. The second kappa shape index (κ2) is 5.99. The molecule has 1 aromatic rings. The Morgan fingerprint density at radius 2 is 1.94 bits per heavy atom. The molecular weight excluding hydrogens is 277 g/mol. The molecule has 3 nitrogen and oxygen atoms in total.